The summed E-state index contributed by atoms with van der Waals surface area (Å²) in [6.07, 6.45) is -7.26. The average Bonchev–Trinajstić information content (AvgIpc) is 3.20. The van der Waals surface area contributed by atoms with Crippen LogP contribution in [0, 0.1) is 0 Å². The second-order valence-corrected chi connectivity index (χ2v) is 9.41. The van der Waals surface area contributed by atoms with Gasteiger partial charge in [-0.3, -0.25) is 28.0 Å². The van der Waals surface area contributed by atoms with Crippen LogP contribution in [0.15, 0.2) is 11.1 Å². The molecule has 0 bridgehead atoms. The first-order valence-electron chi connectivity index (χ1n) is 8.81. The lowest BCUT2D eigenvalue weighted by Crippen LogP contribution is -2.34. The first-order valence-corrected chi connectivity index (χ1v) is 11.7. The van der Waals surface area contributed by atoms with Crippen molar-refractivity contribution in [1.29, 1.82) is 0 Å². The summed E-state index contributed by atoms with van der Waals surface area (Å²) in [5, 5.41) is 32.3. The van der Waals surface area contributed by atoms with Crippen LogP contribution in [0.5, 0.6) is 0 Å². The van der Waals surface area contributed by atoms with E-state index in [1.165, 1.54) is 0 Å². The number of nitrogens with zero attached hydrogens (tertiary/aromatic N) is 3. The molecule has 2 aromatic rings. The Hall–Kier alpha value is -2.08. The van der Waals surface area contributed by atoms with Gasteiger partial charge in [-0.2, -0.15) is 4.98 Å². The highest BCUT2D eigenvalue weighted by Gasteiger charge is 2.45. The molecule has 1 aliphatic rings. The van der Waals surface area contributed by atoms with Gasteiger partial charge < -0.3 is 49.1 Å². The summed E-state index contributed by atoms with van der Waals surface area (Å²) in [5.41, 5.74) is -1.26. The number of phosphoric ester groups is 1. The molecule has 6 atom stereocenters. The zero-order valence-corrected chi connectivity index (χ0v) is 18.1. The number of phosphoric acid groups is 2. The van der Waals surface area contributed by atoms with Crippen molar-refractivity contribution in [3.8, 4) is 0 Å². The third-order valence-electron chi connectivity index (χ3n) is 4.30. The number of carbonyl (C=O) groups excluding carboxylic acids is 1. The Kier molecular flexibility index (Phi) is 7.18. The van der Waals surface area contributed by atoms with Gasteiger partial charge in [0.05, 0.1) is 20.8 Å². The number of hydrogen-bond acceptors (Lipinski definition) is 16. The van der Waals surface area contributed by atoms with E-state index in [0.29, 0.717) is 0 Å². The summed E-state index contributed by atoms with van der Waals surface area (Å²) in [6.45, 7) is 0.0252. The molecule has 0 radical (unpaired) electrons. The van der Waals surface area contributed by atoms with E-state index in [2.05, 4.69) is 29.1 Å². The first-order chi connectivity index (χ1) is 15.2. The lowest BCUT2D eigenvalue weighted by atomic mass is 10.1. The fourth-order valence-electron chi connectivity index (χ4n) is 2.82. The van der Waals surface area contributed by atoms with E-state index in [9.17, 15) is 48.7 Å². The number of ether oxygens (including phenoxy) is 1. The van der Waals surface area contributed by atoms with Gasteiger partial charge in [0.2, 0.25) is 5.95 Å². The Bertz CT molecular complexity index is 1190. The molecule has 0 amide bonds. The molecule has 2 aromatic heterocycles. The van der Waals surface area contributed by atoms with E-state index in [1.54, 1.807) is 0 Å². The minimum Gasteiger partial charge on any atom is -0.790 e. The molecule has 0 aromatic carbocycles. The molecule has 33 heavy (non-hydrogen) atoms. The maximum atomic E-state index is 12.2. The minimum absolute atomic E-state index is 0.216. The Labute approximate surface area is 182 Å². The molecule has 20 heteroatoms. The van der Waals surface area contributed by atoms with Gasteiger partial charge in [-0.15, -0.1) is 0 Å². The highest BCUT2D eigenvalue weighted by Crippen LogP contribution is 2.50. The lowest BCUT2D eigenvalue weighted by Gasteiger charge is -2.35. The van der Waals surface area contributed by atoms with Crippen molar-refractivity contribution in [2.45, 2.75) is 37.7 Å². The van der Waals surface area contributed by atoms with Crippen LogP contribution in [-0.4, -0.2) is 71.8 Å². The van der Waals surface area contributed by atoms with Crippen LogP contribution < -0.4 is 25.6 Å². The van der Waals surface area contributed by atoms with E-state index in [0.717, 1.165) is 17.8 Å². The van der Waals surface area contributed by atoms with Gasteiger partial charge in [0, 0.05) is 0 Å². The molecule has 0 aliphatic carbocycles. The molecule has 3 heterocycles. The Balaban J connectivity index is 1.83. The van der Waals surface area contributed by atoms with Crippen molar-refractivity contribution in [1.82, 2.24) is 19.5 Å². The number of aliphatic hydroxyl groups is 3. The Morgan fingerprint density at radius 2 is 2.03 bits per heavy atom. The van der Waals surface area contributed by atoms with Gasteiger partial charge in [-0.1, -0.05) is 0 Å². The number of ketones is 1. The number of H-pyrrole nitrogens is 1. The third kappa shape index (κ3) is 5.89. The van der Waals surface area contributed by atoms with E-state index >= 15 is 0 Å². The van der Waals surface area contributed by atoms with Gasteiger partial charge >= 0.3 is 0 Å². The lowest BCUT2D eigenvalue weighted by molar-refractivity contribution is -0.339. The fraction of sp³-hybridized carbons (Fsp3) is 0.538. The van der Waals surface area contributed by atoms with Crippen LogP contribution >= 0.6 is 15.6 Å². The van der Waals surface area contributed by atoms with Crippen molar-refractivity contribution in [2.24, 2.45) is 0 Å². The van der Waals surface area contributed by atoms with Gasteiger partial charge in [0.15, 0.2) is 29.4 Å². The number of fused-ring (bicyclic) bond motifs is 1. The number of Topliss-reactive ketones (excluding diaryl/α,β-unsaturated/α-hetero) is 1. The zero-order valence-electron chi connectivity index (χ0n) is 16.3. The molecule has 1 aliphatic heterocycles. The van der Waals surface area contributed by atoms with Crippen LogP contribution in [0.3, 0.4) is 0 Å². The zero-order chi connectivity index (χ0) is 24.7. The smallest absolute Gasteiger partial charge is 0.280 e. The summed E-state index contributed by atoms with van der Waals surface area (Å²) in [4.78, 5) is 65.7. The number of aliphatic hydroxyl groups excluding tert-OH is 3. The van der Waals surface area contributed by atoms with Crippen molar-refractivity contribution in [3.05, 3.63) is 16.7 Å². The number of anilines is 1. The van der Waals surface area contributed by atoms with Crippen molar-refractivity contribution in [2.75, 3.05) is 11.9 Å². The fourth-order valence-corrected chi connectivity index (χ4v) is 4.32. The molecule has 18 nitrogen and oxygen atoms in total. The van der Waals surface area contributed by atoms with Crippen LogP contribution in [-0.2, 0) is 27.5 Å². The molecular formula is C13H16N5O13P2-3. The van der Waals surface area contributed by atoms with E-state index in [4.69, 9.17) is 4.74 Å². The van der Waals surface area contributed by atoms with E-state index < -0.39 is 64.4 Å². The quantitative estimate of drug-likeness (QED) is 0.156. The number of carbonyl (C=O) groups is 1. The summed E-state index contributed by atoms with van der Waals surface area (Å²) < 4.78 is 35.7. The average molecular weight is 512 g/mol. The summed E-state index contributed by atoms with van der Waals surface area (Å²) in [5.74, 6) is -1.02. The number of aromatic nitrogens is 4. The van der Waals surface area contributed by atoms with Gasteiger partial charge in [-0.25, -0.2) is 4.98 Å². The molecule has 2 unspecified atom stereocenters. The third-order valence-corrected chi connectivity index (χ3v) is 6.36. The predicted molar refractivity (Wildman–Crippen MR) is 96.6 cm³/mol. The standard InChI is InChI=1S/C13H19N5O13P2/c1-4(19)10(22)16-13-15-9-6(11(23)17-13)14-3-18(9)12-8(21)7(20)5(30-12)2-29-33(27,28)31-32(24,25)26/h3,5,7-8,10,12,20-22H,2H2,1H3,(H,27,28)(H2,24,25,26)(H2,15,16,17,23)/p-3/t5-,7-,8-,10?,12-/m1/s1. The summed E-state index contributed by atoms with van der Waals surface area (Å²) in [7, 11) is -11.5. The second-order valence-electron chi connectivity index (χ2n) is 6.71. The molecule has 0 saturated carbocycles. The largest absolute Gasteiger partial charge is 0.790 e. The number of rotatable bonds is 9. The molecular weight excluding hydrogens is 496 g/mol. The first kappa shape index (κ1) is 25.5. The monoisotopic (exact) mass is 512 g/mol. The van der Waals surface area contributed by atoms with Crippen LogP contribution in [0.4, 0.5) is 5.95 Å². The van der Waals surface area contributed by atoms with Crippen LogP contribution in [0.2, 0.25) is 0 Å². The van der Waals surface area contributed by atoms with Crippen LogP contribution in [0.1, 0.15) is 13.2 Å². The second kappa shape index (κ2) is 9.28. The number of aromatic amines is 1. The van der Waals surface area contributed by atoms with Crippen LogP contribution in [0.25, 0.3) is 11.2 Å². The van der Waals surface area contributed by atoms with Gasteiger partial charge in [-0.05, 0) is 6.92 Å². The highest BCUT2D eigenvalue weighted by atomic mass is 31.3. The SMILES string of the molecule is CC(=O)C(O)Nc1nc2c(ncn2[C@@H]2O[C@H](COP(=O)([O-])OP(=O)([O-])[O-])[C@@H](O)[C@H]2O)c(=O)[nH]1. The Morgan fingerprint density at radius 1 is 1.36 bits per heavy atom. The number of imidazole rings is 1. The number of nitrogens with one attached hydrogen (secondary N) is 2. The number of hydrogen-bond donors (Lipinski definition) is 5. The molecule has 1 saturated heterocycles. The van der Waals surface area contributed by atoms with E-state index in [1.807, 2.05) is 0 Å². The van der Waals surface area contributed by atoms with Crippen molar-refractivity contribution < 1.29 is 57.5 Å². The summed E-state index contributed by atoms with van der Waals surface area (Å²) in [6, 6.07) is 0. The minimum atomic E-state index is -5.93. The Morgan fingerprint density at radius 3 is 2.64 bits per heavy atom. The highest BCUT2D eigenvalue weighted by molar-refractivity contribution is 7.58. The predicted octanol–water partition coefficient (Wildman–Crippen LogP) is -4.61. The molecule has 1 fully saturated rings. The normalized spacial score (nSPS) is 26.3. The van der Waals surface area contributed by atoms with Crippen molar-refractivity contribution in [3.63, 3.8) is 0 Å². The molecule has 3 rings (SSSR count). The van der Waals surface area contributed by atoms with Gasteiger partial charge in [0.25, 0.3) is 13.4 Å². The van der Waals surface area contributed by atoms with Crippen molar-refractivity contribution >= 4 is 38.5 Å². The maximum Gasteiger partial charge on any atom is 0.280 e. The molecule has 184 valence electrons. The molecule has 0 spiro atoms. The maximum absolute atomic E-state index is 12.2. The van der Waals surface area contributed by atoms with E-state index in [-0.39, 0.29) is 17.1 Å². The summed E-state index contributed by atoms with van der Waals surface area (Å²) >= 11 is 0. The topological polar surface area (TPSA) is 284 Å². The van der Waals surface area contributed by atoms with Gasteiger partial charge in [0.1, 0.15) is 18.3 Å². The molecule has 5 N–H and O–H groups in total.